The maximum absolute atomic E-state index is 12.3. The van der Waals surface area contributed by atoms with E-state index in [2.05, 4.69) is 48.0 Å². The highest BCUT2D eigenvalue weighted by atomic mass is 16.7. The van der Waals surface area contributed by atoms with Gasteiger partial charge in [-0.1, -0.05) is 18.2 Å². The number of hydrogen-bond acceptors (Lipinski definition) is 7. The van der Waals surface area contributed by atoms with E-state index in [1.165, 1.54) is 16.7 Å². The van der Waals surface area contributed by atoms with Crippen LogP contribution in [0, 0.1) is 30.6 Å². The molecular weight excluding hydrogens is 456 g/mol. The molecule has 1 amide bonds. The van der Waals surface area contributed by atoms with Crippen LogP contribution in [0.4, 0.5) is 10.6 Å². The van der Waals surface area contributed by atoms with Gasteiger partial charge in [0.2, 0.25) is 0 Å². The quantitative estimate of drug-likeness (QED) is 0.583. The van der Waals surface area contributed by atoms with Crippen molar-refractivity contribution in [2.24, 2.45) is 5.41 Å². The average Bonchev–Trinajstić information content (AvgIpc) is 2.82. The first kappa shape index (κ1) is 25.9. The molecule has 3 heterocycles. The topological polar surface area (TPSA) is 87.9 Å². The molecule has 36 heavy (non-hydrogen) atoms. The molecule has 2 aromatic rings. The summed E-state index contributed by atoms with van der Waals surface area (Å²) in [5.74, 6) is 0.812. The van der Waals surface area contributed by atoms with Crippen molar-refractivity contribution in [3.05, 3.63) is 58.8 Å². The predicted molar refractivity (Wildman–Crippen MR) is 136 cm³/mol. The van der Waals surface area contributed by atoms with E-state index in [9.17, 15) is 4.79 Å². The third-order valence-corrected chi connectivity index (χ3v) is 6.64. The number of nitrogens with zero attached hydrogens (tertiary/aromatic N) is 4. The minimum atomic E-state index is -0.503. The fraction of sp³-hybridized carbons (Fsp3) is 0.536. The van der Waals surface area contributed by atoms with Crippen molar-refractivity contribution in [3.8, 4) is 6.07 Å². The molecule has 0 aliphatic carbocycles. The van der Waals surface area contributed by atoms with Gasteiger partial charge >= 0.3 is 6.09 Å². The van der Waals surface area contributed by atoms with Crippen molar-refractivity contribution in [1.29, 1.82) is 5.26 Å². The van der Waals surface area contributed by atoms with Gasteiger partial charge in [-0.2, -0.15) is 5.26 Å². The van der Waals surface area contributed by atoms with Gasteiger partial charge in [-0.15, -0.1) is 0 Å². The second-order valence-electron chi connectivity index (χ2n) is 11.0. The molecule has 1 aromatic carbocycles. The van der Waals surface area contributed by atoms with Crippen LogP contribution in [0.2, 0.25) is 0 Å². The maximum atomic E-state index is 12.3. The van der Waals surface area contributed by atoms with Crippen LogP contribution in [-0.4, -0.2) is 60.7 Å². The highest BCUT2D eigenvalue weighted by Crippen LogP contribution is 2.36. The molecule has 8 nitrogen and oxygen atoms in total. The van der Waals surface area contributed by atoms with Crippen LogP contribution < -0.4 is 4.90 Å². The van der Waals surface area contributed by atoms with Crippen LogP contribution in [0.1, 0.15) is 49.4 Å². The lowest BCUT2D eigenvalue weighted by molar-refractivity contribution is -0.254. The lowest BCUT2D eigenvalue weighted by atomic mass is 9.81. The number of aromatic nitrogens is 1. The average molecular weight is 493 g/mol. The van der Waals surface area contributed by atoms with Gasteiger partial charge in [-0.05, 0) is 63.4 Å². The van der Waals surface area contributed by atoms with Crippen LogP contribution in [0.25, 0.3) is 0 Å². The highest BCUT2D eigenvalue weighted by molar-refractivity contribution is 5.69. The summed E-state index contributed by atoms with van der Waals surface area (Å²) in [5.41, 5.74) is 3.60. The Bertz CT molecular complexity index is 1100. The normalized spacial score (nSPS) is 17.4. The van der Waals surface area contributed by atoms with Gasteiger partial charge in [0.1, 0.15) is 17.5 Å². The lowest BCUT2D eigenvalue weighted by Crippen LogP contribution is -2.65. The number of ether oxygens (including phenoxy) is 3. The Labute approximate surface area is 213 Å². The molecule has 2 aliphatic rings. The maximum Gasteiger partial charge on any atom is 0.410 e. The molecule has 0 atom stereocenters. The Balaban J connectivity index is 1.33. The van der Waals surface area contributed by atoms with Gasteiger partial charge in [0, 0.05) is 38.8 Å². The van der Waals surface area contributed by atoms with Crippen LogP contribution >= 0.6 is 0 Å². The van der Waals surface area contributed by atoms with Gasteiger partial charge in [-0.3, -0.25) is 0 Å². The minimum absolute atomic E-state index is 0.152. The van der Waals surface area contributed by atoms with E-state index in [1.807, 2.05) is 26.8 Å². The summed E-state index contributed by atoms with van der Waals surface area (Å²) in [5, 5.41) is 9.13. The third-order valence-electron chi connectivity index (χ3n) is 6.64. The number of amides is 1. The van der Waals surface area contributed by atoms with Gasteiger partial charge in [0.05, 0.1) is 24.2 Å². The Morgan fingerprint density at radius 2 is 1.92 bits per heavy atom. The number of rotatable bonds is 6. The van der Waals surface area contributed by atoms with E-state index in [0.717, 1.165) is 5.82 Å². The smallest absolute Gasteiger partial charge is 0.410 e. The van der Waals surface area contributed by atoms with Crippen molar-refractivity contribution >= 4 is 11.9 Å². The third kappa shape index (κ3) is 6.34. The summed E-state index contributed by atoms with van der Waals surface area (Å²) >= 11 is 0. The molecule has 0 radical (unpaired) electrons. The van der Waals surface area contributed by atoms with Crippen molar-refractivity contribution in [2.45, 2.75) is 59.5 Å². The zero-order valence-electron chi connectivity index (χ0n) is 21.9. The molecule has 2 fully saturated rings. The first-order valence-corrected chi connectivity index (χ1v) is 12.4. The number of pyridine rings is 1. The number of carbonyl (C=O) groups is 1. The van der Waals surface area contributed by atoms with E-state index >= 15 is 0 Å². The molecule has 1 aromatic heterocycles. The summed E-state index contributed by atoms with van der Waals surface area (Å²) in [6, 6.07) is 12.3. The molecular formula is C28H36N4O4. The van der Waals surface area contributed by atoms with Crippen molar-refractivity contribution in [1.82, 2.24) is 9.88 Å². The molecule has 1 spiro atoms. The fourth-order valence-corrected chi connectivity index (χ4v) is 4.49. The molecule has 8 heteroatoms. The molecule has 2 saturated heterocycles. The number of hydrogen-bond donors (Lipinski definition) is 0. The molecule has 0 bridgehead atoms. The van der Waals surface area contributed by atoms with Crippen molar-refractivity contribution in [3.63, 3.8) is 0 Å². The van der Waals surface area contributed by atoms with Gasteiger partial charge < -0.3 is 24.0 Å². The second-order valence-corrected chi connectivity index (χ2v) is 11.0. The van der Waals surface area contributed by atoms with Crippen LogP contribution in [0.15, 0.2) is 36.5 Å². The van der Waals surface area contributed by atoms with E-state index < -0.39 is 5.60 Å². The number of aryl methyl sites for hydroxylation is 2. The zero-order valence-corrected chi connectivity index (χ0v) is 21.9. The Hall–Kier alpha value is -3.15. The van der Waals surface area contributed by atoms with Crippen LogP contribution in [-0.2, 0) is 20.8 Å². The Morgan fingerprint density at radius 1 is 1.19 bits per heavy atom. The van der Waals surface area contributed by atoms with Crippen molar-refractivity contribution < 1.29 is 19.0 Å². The summed E-state index contributed by atoms with van der Waals surface area (Å²) in [6.45, 7) is 13.5. The summed E-state index contributed by atoms with van der Waals surface area (Å²) in [4.78, 5) is 20.7. The molecule has 4 rings (SSSR count). The monoisotopic (exact) mass is 492 g/mol. The molecule has 0 unspecified atom stereocenters. The predicted octanol–water partition coefficient (Wildman–Crippen LogP) is 4.58. The summed E-state index contributed by atoms with van der Waals surface area (Å²) in [7, 11) is 0. The highest BCUT2D eigenvalue weighted by Gasteiger charge is 2.49. The number of carbonyl (C=O) groups excluding carboxylic acids is 1. The standard InChI is InChI=1S/C28H36N4O4/c1-20-6-7-22(12-21(20)2)15-31(24-9-8-23(13-29)14-30-24)11-10-25-34-18-28(19-35-25)16-32(17-28)26(33)36-27(3,4)5/h6-9,12,14,25H,10-11,15-19H2,1-5H3. The van der Waals surface area contributed by atoms with Crippen LogP contribution in [0.5, 0.6) is 0 Å². The van der Waals surface area contributed by atoms with Gasteiger partial charge in [-0.25, -0.2) is 9.78 Å². The number of benzene rings is 1. The lowest BCUT2D eigenvalue weighted by Gasteiger charge is -2.52. The summed E-state index contributed by atoms with van der Waals surface area (Å²) < 4.78 is 17.6. The summed E-state index contributed by atoms with van der Waals surface area (Å²) in [6.07, 6.45) is 1.69. The van der Waals surface area contributed by atoms with Crippen LogP contribution in [0.3, 0.4) is 0 Å². The molecule has 0 saturated carbocycles. The van der Waals surface area contributed by atoms with E-state index in [1.54, 1.807) is 17.2 Å². The van der Waals surface area contributed by atoms with Gasteiger partial charge in [0.15, 0.2) is 6.29 Å². The molecule has 192 valence electrons. The van der Waals surface area contributed by atoms with E-state index in [-0.39, 0.29) is 17.8 Å². The zero-order chi connectivity index (χ0) is 25.9. The first-order chi connectivity index (χ1) is 17.1. The van der Waals surface area contributed by atoms with E-state index in [4.69, 9.17) is 19.5 Å². The minimum Gasteiger partial charge on any atom is -0.444 e. The number of likely N-dealkylation sites (tertiary alicyclic amines) is 1. The number of nitriles is 1. The largest absolute Gasteiger partial charge is 0.444 e. The molecule has 0 N–H and O–H groups in total. The Kier molecular flexibility index (Phi) is 7.53. The van der Waals surface area contributed by atoms with Crippen molar-refractivity contribution in [2.75, 3.05) is 37.7 Å². The first-order valence-electron chi connectivity index (χ1n) is 12.4. The fourth-order valence-electron chi connectivity index (χ4n) is 4.49. The second kappa shape index (κ2) is 10.5. The Morgan fingerprint density at radius 3 is 2.50 bits per heavy atom. The molecule has 2 aliphatic heterocycles. The SMILES string of the molecule is Cc1ccc(CN(CCC2OCC3(CO2)CN(C(=O)OC(C)(C)C)C3)c2ccc(C#N)cn2)cc1C. The van der Waals surface area contributed by atoms with Gasteiger partial charge in [0.25, 0.3) is 0 Å². The number of anilines is 1. The van der Waals surface area contributed by atoms with E-state index in [0.29, 0.717) is 51.4 Å².